The molecule has 0 aromatic heterocycles. The van der Waals surface area contributed by atoms with Gasteiger partial charge in [-0.1, -0.05) is 19.1 Å². The number of nitrogens with two attached hydrogens (primary N) is 1. The molecule has 0 saturated heterocycles. The van der Waals surface area contributed by atoms with Gasteiger partial charge in [0.2, 0.25) is 5.91 Å². The molecule has 21 heavy (non-hydrogen) atoms. The molecule has 3 N–H and O–H groups in total. The number of amides is 3. The first-order valence-electron chi connectivity index (χ1n) is 6.56. The number of carbonyl (C=O) groups is 3. The van der Waals surface area contributed by atoms with Crippen LogP contribution in [0.5, 0.6) is 0 Å². The lowest BCUT2D eigenvalue weighted by atomic mass is 10.1. The molecule has 1 aromatic rings. The molecule has 0 radical (unpaired) electrons. The number of amidine groups is 1. The minimum Gasteiger partial charge on any atom is -0.384 e. The second kappa shape index (κ2) is 5.74. The van der Waals surface area contributed by atoms with E-state index in [1.807, 2.05) is 0 Å². The van der Waals surface area contributed by atoms with Crippen molar-refractivity contribution in [2.45, 2.75) is 26.3 Å². The second-order valence-corrected chi connectivity index (χ2v) is 4.63. The van der Waals surface area contributed by atoms with Crippen LogP contribution in [0.25, 0.3) is 0 Å². The summed E-state index contributed by atoms with van der Waals surface area (Å²) in [4.78, 5) is 36.7. The van der Waals surface area contributed by atoms with Crippen LogP contribution in [0.1, 0.15) is 41.0 Å². The molecule has 2 rings (SSSR count). The van der Waals surface area contributed by atoms with Crippen molar-refractivity contribution < 1.29 is 14.4 Å². The predicted octanol–water partition coefficient (Wildman–Crippen LogP) is 0.470. The molecule has 1 aromatic carbocycles. The molecule has 1 heterocycles. The molecule has 1 atom stereocenters. The van der Waals surface area contributed by atoms with Crippen molar-refractivity contribution in [1.82, 2.24) is 10.3 Å². The Labute approximate surface area is 121 Å². The van der Waals surface area contributed by atoms with Gasteiger partial charge in [0.05, 0.1) is 17.2 Å². The molecule has 7 nitrogen and oxygen atoms in total. The number of fused-ring (bicyclic) bond motifs is 1. The van der Waals surface area contributed by atoms with E-state index in [9.17, 15) is 14.4 Å². The summed E-state index contributed by atoms with van der Waals surface area (Å²) < 4.78 is 0. The van der Waals surface area contributed by atoms with Gasteiger partial charge in [-0.05, 0) is 19.1 Å². The van der Waals surface area contributed by atoms with Gasteiger partial charge in [0.25, 0.3) is 11.8 Å². The van der Waals surface area contributed by atoms with Crippen LogP contribution < -0.4 is 11.2 Å². The zero-order valence-corrected chi connectivity index (χ0v) is 11.8. The number of rotatable bonds is 4. The van der Waals surface area contributed by atoms with Crippen LogP contribution in [0.4, 0.5) is 0 Å². The number of carbonyl (C=O) groups excluding carboxylic acids is 3. The Morgan fingerprint density at radius 3 is 2.29 bits per heavy atom. The lowest BCUT2D eigenvalue weighted by molar-refractivity contribution is -0.120. The van der Waals surface area contributed by atoms with E-state index in [-0.39, 0.29) is 18.2 Å². The standard InChI is InChI=1S/C14H16N4O3/c1-3-11(19)16-17-12(15)8(2)18-13(20)9-6-4-5-7-10(9)14(18)21/h4-8H,3H2,1-2H3,(H2,15,17)(H,16,19)/t8-/m0/s1. The van der Waals surface area contributed by atoms with E-state index in [1.165, 1.54) is 0 Å². The normalized spacial score (nSPS) is 15.9. The van der Waals surface area contributed by atoms with Crippen molar-refractivity contribution in [1.29, 1.82) is 0 Å². The second-order valence-electron chi connectivity index (χ2n) is 4.63. The lowest BCUT2D eigenvalue weighted by Crippen LogP contribution is -2.46. The van der Waals surface area contributed by atoms with Gasteiger partial charge in [0.1, 0.15) is 5.84 Å². The Hall–Kier alpha value is -2.70. The average molecular weight is 288 g/mol. The number of nitrogens with zero attached hydrogens (tertiary/aromatic N) is 2. The third kappa shape index (κ3) is 2.62. The molecule has 0 spiro atoms. The van der Waals surface area contributed by atoms with Crippen LogP contribution in [-0.2, 0) is 4.79 Å². The van der Waals surface area contributed by atoms with Gasteiger partial charge < -0.3 is 5.73 Å². The van der Waals surface area contributed by atoms with Crippen LogP contribution >= 0.6 is 0 Å². The number of hydrazone groups is 1. The summed E-state index contributed by atoms with van der Waals surface area (Å²) in [6.45, 7) is 3.26. The first kappa shape index (κ1) is 14.7. The largest absolute Gasteiger partial charge is 0.384 e. The Morgan fingerprint density at radius 2 is 1.81 bits per heavy atom. The lowest BCUT2D eigenvalue weighted by Gasteiger charge is -2.21. The average Bonchev–Trinajstić information content (AvgIpc) is 2.76. The Kier molecular flexibility index (Phi) is 4.02. The molecule has 0 fully saturated rings. The first-order chi connectivity index (χ1) is 9.97. The SMILES string of the molecule is CCC(=O)N/N=C(/N)[C@H](C)N1C(=O)c2ccccc2C1=O. The summed E-state index contributed by atoms with van der Waals surface area (Å²) >= 11 is 0. The summed E-state index contributed by atoms with van der Waals surface area (Å²) in [6, 6.07) is 5.83. The van der Waals surface area contributed by atoms with Crippen LogP contribution in [0.15, 0.2) is 29.4 Å². The highest BCUT2D eigenvalue weighted by molar-refractivity contribution is 6.22. The fraction of sp³-hybridized carbons (Fsp3) is 0.286. The van der Waals surface area contributed by atoms with E-state index in [0.29, 0.717) is 11.1 Å². The summed E-state index contributed by atoms with van der Waals surface area (Å²) in [5.41, 5.74) is 8.70. The van der Waals surface area contributed by atoms with Crippen molar-refractivity contribution in [2.24, 2.45) is 10.8 Å². The van der Waals surface area contributed by atoms with Gasteiger partial charge in [-0.25, -0.2) is 5.43 Å². The Balaban J connectivity index is 2.22. The van der Waals surface area contributed by atoms with E-state index in [1.54, 1.807) is 38.1 Å². The van der Waals surface area contributed by atoms with Crippen molar-refractivity contribution >= 4 is 23.6 Å². The molecule has 7 heteroatoms. The Morgan fingerprint density at radius 1 is 1.29 bits per heavy atom. The zero-order chi connectivity index (χ0) is 15.6. The highest BCUT2D eigenvalue weighted by Gasteiger charge is 2.39. The van der Waals surface area contributed by atoms with Crippen molar-refractivity contribution in [2.75, 3.05) is 0 Å². The van der Waals surface area contributed by atoms with E-state index < -0.39 is 17.9 Å². The summed E-state index contributed by atoms with van der Waals surface area (Å²) in [5.74, 6) is -1.13. The summed E-state index contributed by atoms with van der Waals surface area (Å²) in [7, 11) is 0. The monoisotopic (exact) mass is 288 g/mol. The topological polar surface area (TPSA) is 105 Å². The quantitative estimate of drug-likeness (QED) is 0.363. The maximum absolute atomic E-state index is 12.3. The molecule has 1 aliphatic rings. The van der Waals surface area contributed by atoms with Gasteiger partial charge in [-0.3, -0.25) is 19.3 Å². The maximum atomic E-state index is 12.3. The zero-order valence-electron chi connectivity index (χ0n) is 11.8. The fourth-order valence-corrected chi connectivity index (χ4v) is 1.99. The van der Waals surface area contributed by atoms with Crippen LogP contribution in [0, 0.1) is 0 Å². The number of nitrogens with one attached hydrogen (secondary N) is 1. The van der Waals surface area contributed by atoms with Crippen molar-refractivity contribution in [3.05, 3.63) is 35.4 Å². The minimum absolute atomic E-state index is 0.00805. The number of hydrogen-bond donors (Lipinski definition) is 2. The van der Waals surface area contributed by atoms with E-state index >= 15 is 0 Å². The van der Waals surface area contributed by atoms with Gasteiger partial charge in [-0.15, -0.1) is 0 Å². The molecular formula is C14H16N4O3. The molecule has 0 unspecified atom stereocenters. The first-order valence-corrected chi connectivity index (χ1v) is 6.56. The fourth-order valence-electron chi connectivity index (χ4n) is 1.99. The minimum atomic E-state index is -0.741. The highest BCUT2D eigenvalue weighted by Crippen LogP contribution is 2.24. The molecular weight excluding hydrogens is 272 g/mol. The third-order valence-electron chi connectivity index (χ3n) is 3.27. The van der Waals surface area contributed by atoms with Crippen LogP contribution in [0.3, 0.4) is 0 Å². The Bertz CT molecular complexity index is 604. The van der Waals surface area contributed by atoms with E-state index in [2.05, 4.69) is 10.5 Å². The van der Waals surface area contributed by atoms with E-state index in [4.69, 9.17) is 5.73 Å². The van der Waals surface area contributed by atoms with Gasteiger partial charge in [-0.2, -0.15) is 5.10 Å². The van der Waals surface area contributed by atoms with Gasteiger partial charge in [0.15, 0.2) is 0 Å². The molecule has 0 aliphatic carbocycles. The molecule has 0 saturated carbocycles. The van der Waals surface area contributed by atoms with E-state index in [0.717, 1.165) is 4.90 Å². The van der Waals surface area contributed by atoms with Crippen LogP contribution in [0.2, 0.25) is 0 Å². The smallest absolute Gasteiger partial charge is 0.262 e. The van der Waals surface area contributed by atoms with Crippen molar-refractivity contribution in [3.63, 3.8) is 0 Å². The molecule has 110 valence electrons. The van der Waals surface area contributed by atoms with Crippen LogP contribution in [-0.4, -0.2) is 34.5 Å². The number of benzene rings is 1. The third-order valence-corrected chi connectivity index (χ3v) is 3.27. The highest BCUT2D eigenvalue weighted by atomic mass is 16.2. The number of hydrogen-bond acceptors (Lipinski definition) is 4. The predicted molar refractivity (Wildman–Crippen MR) is 76.5 cm³/mol. The molecule has 0 bridgehead atoms. The maximum Gasteiger partial charge on any atom is 0.262 e. The number of imide groups is 1. The van der Waals surface area contributed by atoms with Gasteiger partial charge in [0, 0.05) is 6.42 Å². The van der Waals surface area contributed by atoms with Gasteiger partial charge >= 0.3 is 0 Å². The van der Waals surface area contributed by atoms with Crippen molar-refractivity contribution in [3.8, 4) is 0 Å². The molecule has 3 amide bonds. The summed E-state index contributed by atoms with van der Waals surface area (Å²) in [6.07, 6.45) is 0.262. The molecule has 1 aliphatic heterocycles. The summed E-state index contributed by atoms with van der Waals surface area (Å²) in [5, 5.41) is 3.72.